The van der Waals surface area contributed by atoms with Crippen LogP contribution in [-0.4, -0.2) is 32.1 Å². The van der Waals surface area contributed by atoms with Crippen LogP contribution in [0.5, 0.6) is 5.75 Å². The minimum absolute atomic E-state index is 0.489. The van der Waals surface area contributed by atoms with Gasteiger partial charge >= 0.3 is 0 Å². The van der Waals surface area contributed by atoms with Gasteiger partial charge in [-0.05, 0) is 42.2 Å². The lowest BCUT2D eigenvalue weighted by Gasteiger charge is -2.14. The van der Waals surface area contributed by atoms with E-state index in [9.17, 15) is 0 Å². The van der Waals surface area contributed by atoms with Crippen molar-refractivity contribution in [2.45, 2.75) is 0 Å². The fraction of sp³-hybridized carbons (Fsp3) is 0.400. The highest BCUT2D eigenvalue weighted by Gasteiger charge is 2.08. The van der Waals surface area contributed by atoms with Crippen LogP contribution >= 0.6 is 15.9 Å². The molecule has 0 bridgehead atoms. The standard InChI is InChI=1S/C10H16BrN3O/c1-14(2)5-6-15-10-7(11)3-4-8(12)9(10)13/h3-4H,5-6,12-13H2,1-2H3. The first-order valence-corrected chi connectivity index (χ1v) is 5.42. The molecule has 0 saturated carbocycles. The first-order chi connectivity index (χ1) is 7.02. The molecule has 0 spiro atoms. The quantitative estimate of drug-likeness (QED) is 0.818. The number of anilines is 2. The molecular formula is C10H16BrN3O. The molecule has 0 aliphatic carbocycles. The Morgan fingerprint density at radius 3 is 2.60 bits per heavy atom. The molecule has 4 nitrogen and oxygen atoms in total. The maximum absolute atomic E-state index is 5.81. The first-order valence-electron chi connectivity index (χ1n) is 4.63. The normalized spacial score (nSPS) is 10.7. The van der Waals surface area contributed by atoms with Gasteiger partial charge in [0, 0.05) is 6.54 Å². The summed E-state index contributed by atoms with van der Waals surface area (Å²) in [6.07, 6.45) is 0. The minimum atomic E-state index is 0.489. The molecule has 1 aromatic rings. The highest BCUT2D eigenvalue weighted by molar-refractivity contribution is 9.10. The zero-order valence-corrected chi connectivity index (χ0v) is 10.5. The Bertz CT molecular complexity index is 342. The summed E-state index contributed by atoms with van der Waals surface area (Å²) in [5.74, 6) is 0.622. The minimum Gasteiger partial charge on any atom is -0.489 e. The third kappa shape index (κ3) is 3.28. The van der Waals surface area contributed by atoms with Crippen LogP contribution < -0.4 is 16.2 Å². The Morgan fingerprint density at radius 1 is 1.33 bits per heavy atom. The molecule has 1 aromatic carbocycles. The molecular weight excluding hydrogens is 258 g/mol. The zero-order valence-electron chi connectivity index (χ0n) is 8.96. The van der Waals surface area contributed by atoms with Crippen LogP contribution in [0, 0.1) is 0 Å². The highest BCUT2D eigenvalue weighted by Crippen LogP contribution is 2.35. The summed E-state index contributed by atoms with van der Waals surface area (Å²) in [6.45, 7) is 1.42. The van der Waals surface area contributed by atoms with Gasteiger partial charge in [-0.1, -0.05) is 0 Å². The van der Waals surface area contributed by atoms with Crippen molar-refractivity contribution < 1.29 is 4.74 Å². The van der Waals surface area contributed by atoms with Crippen LogP contribution in [0.4, 0.5) is 11.4 Å². The number of hydrogen-bond donors (Lipinski definition) is 2. The van der Waals surface area contributed by atoms with Gasteiger partial charge in [0.15, 0.2) is 5.75 Å². The van der Waals surface area contributed by atoms with E-state index >= 15 is 0 Å². The summed E-state index contributed by atoms with van der Waals surface area (Å²) in [6, 6.07) is 3.58. The monoisotopic (exact) mass is 273 g/mol. The van der Waals surface area contributed by atoms with Crippen molar-refractivity contribution in [2.24, 2.45) is 0 Å². The largest absolute Gasteiger partial charge is 0.489 e. The average Bonchev–Trinajstić information content (AvgIpc) is 2.17. The maximum atomic E-state index is 5.81. The maximum Gasteiger partial charge on any atom is 0.158 e. The molecule has 0 aromatic heterocycles. The van der Waals surface area contributed by atoms with Crippen LogP contribution in [-0.2, 0) is 0 Å². The second-order valence-electron chi connectivity index (χ2n) is 3.53. The Kier molecular flexibility index (Phi) is 4.23. The molecule has 0 fully saturated rings. The number of benzene rings is 1. The number of nitrogen functional groups attached to an aromatic ring is 2. The molecule has 4 N–H and O–H groups in total. The predicted molar refractivity (Wildman–Crippen MR) is 67.0 cm³/mol. The molecule has 0 unspecified atom stereocenters. The Labute approximate surface area is 98.3 Å². The summed E-state index contributed by atoms with van der Waals surface area (Å²) in [5.41, 5.74) is 12.5. The second-order valence-corrected chi connectivity index (χ2v) is 4.39. The van der Waals surface area contributed by atoms with Crippen molar-refractivity contribution in [2.75, 3.05) is 38.7 Å². The third-order valence-electron chi connectivity index (χ3n) is 1.97. The van der Waals surface area contributed by atoms with Crippen LogP contribution in [0.25, 0.3) is 0 Å². The van der Waals surface area contributed by atoms with E-state index in [2.05, 4.69) is 15.9 Å². The molecule has 15 heavy (non-hydrogen) atoms. The number of likely N-dealkylation sites (N-methyl/N-ethyl adjacent to an activating group) is 1. The SMILES string of the molecule is CN(C)CCOc1c(Br)ccc(N)c1N. The van der Waals surface area contributed by atoms with Gasteiger partial charge in [0.25, 0.3) is 0 Å². The first kappa shape index (κ1) is 12.1. The molecule has 0 radical (unpaired) electrons. The van der Waals surface area contributed by atoms with Gasteiger partial charge in [0.05, 0.1) is 15.8 Å². The van der Waals surface area contributed by atoms with Gasteiger partial charge in [-0.25, -0.2) is 0 Å². The van der Waals surface area contributed by atoms with E-state index in [1.165, 1.54) is 0 Å². The Morgan fingerprint density at radius 2 is 2.00 bits per heavy atom. The second kappa shape index (κ2) is 5.23. The van der Waals surface area contributed by atoms with Crippen LogP contribution in [0.15, 0.2) is 16.6 Å². The molecule has 0 atom stereocenters. The number of nitrogens with zero attached hydrogens (tertiary/aromatic N) is 1. The van der Waals surface area contributed by atoms with Crippen molar-refractivity contribution >= 4 is 27.3 Å². The number of rotatable bonds is 4. The summed E-state index contributed by atoms with van der Waals surface area (Å²) in [4.78, 5) is 2.04. The number of halogens is 1. The van der Waals surface area contributed by atoms with Gasteiger partial charge in [-0.15, -0.1) is 0 Å². The molecule has 84 valence electrons. The number of nitrogens with two attached hydrogens (primary N) is 2. The summed E-state index contributed by atoms with van der Waals surface area (Å²) in [7, 11) is 3.97. The van der Waals surface area contributed by atoms with E-state index in [0.29, 0.717) is 23.7 Å². The smallest absolute Gasteiger partial charge is 0.158 e. The fourth-order valence-electron chi connectivity index (χ4n) is 1.07. The molecule has 0 aliphatic rings. The van der Waals surface area contributed by atoms with Crippen molar-refractivity contribution in [3.8, 4) is 5.75 Å². The van der Waals surface area contributed by atoms with Gasteiger partial charge < -0.3 is 21.1 Å². The van der Waals surface area contributed by atoms with Crippen molar-refractivity contribution in [3.63, 3.8) is 0 Å². The van der Waals surface area contributed by atoms with Crippen LogP contribution in [0.1, 0.15) is 0 Å². The molecule has 0 amide bonds. The lowest BCUT2D eigenvalue weighted by Crippen LogP contribution is -2.20. The van der Waals surface area contributed by atoms with Gasteiger partial charge in [0.1, 0.15) is 6.61 Å². The molecule has 0 heterocycles. The Hall–Kier alpha value is -0.940. The van der Waals surface area contributed by atoms with Crippen LogP contribution in [0.3, 0.4) is 0 Å². The molecule has 5 heteroatoms. The highest BCUT2D eigenvalue weighted by atomic mass is 79.9. The van der Waals surface area contributed by atoms with Crippen molar-refractivity contribution in [1.82, 2.24) is 4.90 Å². The summed E-state index contributed by atoms with van der Waals surface area (Å²) < 4.78 is 6.39. The van der Waals surface area contributed by atoms with Gasteiger partial charge in [-0.2, -0.15) is 0 Å². The van der Waals surface area contributed by atoms with E-state index < -0.39 is 0 Å². The van der Waals surface area contributed by atoms with Crippen molar-refractivity contribution in [1.29, 1.82) is 0 Å². The molecule has 0 saturated heterocycles. The predicted octanol–water partition coefficient (Wildman–Crippen LogP) is 1.55. The summed E-state index contributed by atoms with van der Waals surface area (Å²) in [5, 5.41) is 0. The third-order valence-corrected chi connectivity index (χ3v) is 2.59. The average molecular weight is 274 g/mol. The molecule has 1 rings (SSSR count). The number of ether oxygens (including phenoxy) is 1. The zero-order chi connectivity index (χ0) is 11.4. The van der Waals surface area contributed by atoms with Gasteiger partial charge in [0.2, 0.25) is 0 Å². The molecule has 0 aliphatic heterocycles. The summed E-state index contributed by atoms with van der Waals surface area (Å²) >= 11 is 3.37. The van der Waals surface area contributed by atoms with Crippen LogP contribution in [0.2, 0.25) is 0 Å². The van der Waals surface area contributed by atoms with E-state index in [4.69, 9.17) is 16.2 Å². The van der Waals surface area contributed by atoms with E-state index in [-0.39, 0.29) is 0 Å². The van der Waals surface area contributed by atoms with E-state index in [1.807, 2.05) is 25.1 Å². The van der Waals surface area contributed by atoms with E-state index in [1.54, 1.807) is 6.07 Å². The Balaban J connectivity index is 2.71. The van der Waals surface area contributed by atoms with Crippen molar-refractivity contribution in [3.05, 3.63) is 16.6 Å². The topological polar surface area (TPSA) is 64.5 Å². The fourth-order valence-corrected chi connectivity index (χ4v) is 1.53. The van der Waals surface area contributed by atoms with E-state index in [0.717, 1.165) is 11.0 Å². The lowest BCUT2D eigenvalue weighted by atomic mass is 10.2. The number of hydrogen-bond acceptors (Lipinski definition) is 4. The lowest BCUT2D eigenvalue weighted by molar-refractivity contribution is 0.261. The van der Waals surface area contributed by atoms with Gasteiger partial charge in [-0.3, -0.25) is 0 Å².